The molecule has 1 aromatic heterocycles. The standard InChI is InChI=1S/C19H15N5O5S3/c20-19(29)23-10-7-21-14(31-10)11-12(18(27)28)24-16(26)13(30)17(24)32-15(11)22-9(25)6-8-4-2-1-3-5-8/h1-5,7,15,17H,6H2,(H,22,25)(H,27,28)(H3,20,23,29)/t15?,17-/m0/s1. The van der Waals surface area contributed by atoms with Crippen molar-refractivity contribution >= 4 is 74.6 Å². The summed E-state index contributed by atoms with van der Waals surface area (Å²) in [5.41, 5.74) is 5.75. The van der Waals surface area contributed by atoms with E-state index >= 15 is 0 Å². The molecule has 3 heterocycles. The molecule has 10 nitrogen and oxygen atoms in total. The van der Waals surface area contributed by atoms with Crippen LogP contribution in [0.2, 0.25) is 0 Å². The number of aromatic nitrogens is 1. The van der Waals surface area contributed by atoms with E-state index in [1.807, 2.05) is 18.2 Å². The van der Waals surface area contributed by atoms with Crippen LogP contribution in [0.4, 0.5) is 9.80 Å². The normalized spacial score (nSPS) is 19.8. The number of anilines is 1. The number of benzene rings is 1. The number of β-lactam (4-membered cyclic amide) rings is 1. The number of hydrogen-bond donors (Lipinski definition) is 4. The Morgan fingerprint density at radius 2 is 1.97 bits per heavy atom. The van der Waals surface area contributed by atoms with Gasteiger partial charge in [-0.3, -0.25) is 19.8 Å². The predicted molar refractivity (Wildman–Crippen MR) is 123 cm³/mol. The van der Waals surface area contributed by atoms with Crippen LogP contribution in [-0.4, -0.2) is 54.4 Å². The Balaban J connectivity index is 1.72. The lowest BCUT2D eigenvalue weighted by Crippen LogP contribution is -2.63. The average molecular weight is 490 g/mol. The zero-order valence-electron chi connectivity index (χ0n) is 16.1. The fourth-order valence-electron chi connectivity index (χ4n) is 3.27. The number of rotatable bonds is 6. The highest BCUT2D eigenvalue weighted by atomic mass is 32.2. The molecule has 2 atom stereocenters. The third-order valence-electron chi connectivity index (χ3n) is 4.60. The fourth-order valence-corrected chi connectivity index (χ4v) is 5.97. The molecule has 2 aliphatic heterocycles. The first-order chi connectivity index (χ1) is 15.3. The number of hydrogen-bond acceptors (Lipinski definition) is 8. The first kappa shape index (κ1) is 21.9. The second-order valence-corrected chi connectivity index (χ2v) is 9.38. The topological polar surface area (TPSA) is 155 Å². The van der Waals surface area contributed by atoms with Crippen LogP contribution >= 0.6 is 35.3 Å². The smallest absolute Gasteiger partial charge is 0.353 e. The number of urea groups is 1. The maximum absolute atomic E-state index is 12.7. The van der Waals surface area contributed by atoms with Gasteiger partial charge in [-0.2, -0.15) is 0 Å². The third-order valence-corrected chi connectivity index (χ3v) is 7.42. The predicted octanol–water partition coefficient (Wildman–Crippen LogP) is 1.40. The van der Waals surface area contributed by atoms with Crippen molar-refractivity contribution in [3.63, 3.8) is 0 Å². The lowest BCUT2D eigenvalue weighted by molar-refractivity contribution is -0.138. The molecule has 2 aliphatic rings. The Morgan fingerprint density at radius 1 is 1.25 bits per heavy atom. The summed E-state index contributed by atoms with van der Waals surface area (Å²) in [6.07, 6.45) is 1.40. The number of nitrogens with one attached hydrogen (secondary N) is 2. The molecule has 5 N–H and O–H groups in total. The van der Waals surface area contributed by atoms with Gasteiger partial charge in [-0.1, -0.05) is 53.9 Å². The number of nitrogens with zero attached hydrogens (tertiary/aromatic N) is 2. The Labute approximate surface area is 194 Å². The van der Waals surface area contributed by atoms with Crippen molar-refractivity contribution in [2.24, 2.45) is 5.73 Å². The highest BCUT2D eigenvalue weighted by Crippen LogP contribution is 2.46. The fraction of sp³-hybridized carbons (Fsp3) is 0.158. The molecule has 32 heavy (non-hydrogen) atoms. The van der Waals surface area contributed by atoms with Gasteiger partial charge >= 0.3 is 12.0 Å². The minimum absolute atomic E-state index is 0.0810. The number of carbonyl (C=O) groups excluding carboxylic acids is 3. The van der Waals surface area contributed by atoms with Crippen LogP contribution in [0, 0.1) is 0 Å². The molecule has 4 amide bonds. The Kier molecular flexibility index (Phi) is 5.95. The molecular formula is C19H15N5O5S3. The number of primary amides is 1. The SMILES string of the molecule is NC(=O)Nc1cnc(C2=C(C(=O)O)N3C(=O)C(=S)[C@@H]3SC2NC(=O)Cc2ccccc2)s1. The number of carboxylic acids is 1. The molecule has 1 unspecified atom stereocenters. The number of fused-ring (bicyclic) bond motifs is 1. The van der Waals surface area contributed by atoms with Gasteiger partial charge in [-0.25, -0.2) is 14.6 Å². The van der Waals surface area contributed by atoms with Crippen molar-refractivity contribution in [1.29, 1.82) is 0 Å². The Morgan fingerprint density at radius 3 is 2.62 bits per heavy atom. The van der Waals surface area contributed by atoms with E-state index in [9.17, 15) is 24.3 Å². The first-order valence-electron chi connectivity index (χ1n) is 9.12. The molecule has 0 bridgehead atoms. The van der Waals surface area contributed by atoms with Crippen LogP contribution in [0.15, 0.2) is 42.2 Å². The molecule has 0 saturated carbocycles. The highest BCUT2D eigenvalue weighted by molar-refractivity contribution is 8.03. The Bertz CT molecular complexity index is 1180. The summed E-state index contributed by atoms with van der Waals surface area (Å²) in [5, 5.41) is 14.1. The molecule has 164 valence electrons. The lowest BCUT2D eigenvalue weighted by Gasteiger charge is -2.46. The van der Waals surface area contributed by atoms with Gasteiger partial charge in [0.15, 0.2) is 0 Å². The molecule has 4 rings (SSSR count). The number of thiazole rings is 1. The van der Waals surface area contributed by atoms with Crippen LogP contribution in [0.5, 0.6) is 0 Å². The number of amides is 4. The molecule has 0 radical (unpaired) electrons. The summed E-state index contributed by atoms with van der Waals surface area (Å²) in [6.45, 7) is 0. The van der Waals surface area contributed by atoms with E-state index < -0.39 is 28.7 Å². The van der Waals surface area contributed by atoms with Crippen molar-refractivity contribution in [2.45, 2.75) is 17.2 Å². The molecule has 1 saturated heterocycles. The largest absolute Gasteiger partial charge is 0.477 e. The number of thiocarbonyl (C=S) groups is 1. The van der Waals surface area contributed by atoms with E-state index in [2.05, 4.69) is 15.6 Å². The van der Waals surface area contributed by atoms with Crippen molar-refractivity contribution in [1.82, 2.24) is 15.2 Å². The molecule has 0 aliphatic carbocycles. The molecule has 13 heteroatoms. The number of thioether (sulfide) groups is 1. The molecule has 1 fully saturated rings. The van der Waals surface area contributed by atoms with Gasteiger partial charge in [-0.15, -0.1) is 11.8 Å². The molecular weight excluding hydrogens is 474 g/mol. The zero-order valence-corrected chi connectivity index (χ0v) is 18.6. The second kappa shape index (κ2) is 8.68. The number of aliphatic carboxylic acids is 1. The van der Waals surface area contributed by atoms with E-state index in [0.29, 0.717) is 0 Å². The second-order valence-electron chi connectivity index (χ2n) is 6.72. The van der Waals surface area contributed by atoms with Crippen molar-refractivity contribution in [3.05, 3.63) is 52.8 Å². The number of carbonyl (C=O) groups is 4. The van der Waals surface area contributed by atoms with Crippen LogP contribution < -0.4 is 16.4 Å². The number of nitrogens with two attached hydrogens (primary N) is 1. The maximum atomic E-state index is 12.7. The summed E-state index contributed by atoms with van der Waals surface area (Å²) in [5.74, 6) is -2.27. The van der Waals surface area contributed by atoms with Gasteiger partial charge in [0.25, 0.3) is 5.91 Å². The van der Waals surface area contributed by atoms with Crippen LogP contribution in [0.3, 0.4) is 0 Å². The van der Waals surface area contributed by atoms with Gasteiger partial charge in [0.05, 0.1) is 18.2 Å². The summed E-state index contributed by atoms with van der Waals surface area (Å²) in [6, 6.07) is 8.26. The summed E-state index contributed by atoms with van der Waals surface area (Å²) < 4.78 is 0. The van der Waals surface area contributed by atoms with E-state index in [0.717, 1.165) is 33.6 Å². The Hall–Kier alpha value is -3.29. The third kappa shape index (κ3) is 4.09. The van der Waals surface area contributed by atoms with Crippen LogP contribution in [-0.2, 0) is 20.8 Å². The molecule has 2 aromatic rings. The minimum Gasteiger partial charge on any atom is -0.477 e. The van der Waals surface area contributed by atoms with Crippen LogP contribution in [0.1, 0.15) is 10.6 Å². The van der Waals surface area contributed by atoms with E-state index in [1.165, 1.54) is 6.20 Å². The van der Waals surface area contributed by atoms with Crippen molar-refractivity contribution < 1.29 is 24.3 Å². The van der Waals surface area contributed by atoms with Gasteiger partial charge in [0, 0.05) is 0 Å². The molecule has 0 spiro atoms. The molecule has 1 aromatic carbocycles. The van der Waals surface area contributed by atoms with Gasteiger partial charge in [0.1, 0.15) is 31.3 Å². The van der Waals surface area contributed by atoms with Crippen molar-refractivity contribution in [2.75, 3.05) is 5.32 Å². The van der Waals surface area contributed by atoms with Gasteiger partial charge in [0.2, 0.25) is 5.91 Å². The van der Waals surface area contributed by atoms with E-state index in [-0.39, 0.29) is 38.5 Å². The van der Waals surface area contributed by atoms with Crippen LogP contribution in [0.25, 0.3) is 5.57 Å². The minimum atomic E-state index is -1.36. The van der Waals surface area contributed by atoms with E-state index in [4.69, 9.17) is 18.0 Å². The van der Waals surface area contributed by atoms with Crippen molar-refractivity contribution in [3.8, 4) is 0 Å². The first-order valence-corrected chi connectivity index (χ1v) is 11.3. The summed E-state index contributed by atoms with van der Waals surface area (Å²) in [4.78, 5) is 53.7. The van der Waals surface area contributed by atoms with Gasteiger partial charge < -0.3 is 16.2 Å². The zero-order chi connectivity index (χ0) is 23.0. The highest BCUT2D eigenvalue weighted by Gasteiger charge is 2.53. The summed E-state index contributed by atoms with van der Waals surface area (Å²) >= 11 is 7.23. The maximum Gasteiger partial charge on any atom is 0.353 e. The number of carboxylic acid groups (broad SMARTS) is 1. The lowest BCUT2D eigenvalue weighted by atomic mass is 10.1. The average Bonchev–Trinajstić information content (AvgIpc) is 3.20. The monoisotopic (exact) mass is 489 g/mol. The van der Waals surface area contributed by atoms with Gasteiger partial charge in [-0.05, 0) is 5.56 Å². The summed E-state index contributed by atoms with van der Waals surface area (Å²) in [7, 11) is 0. The quantitative estimate of drug-likeness (QED) is 0.351. The van der Waals surface area contributed by atoms with E-state index in [1.54, 1.807) is 12.1 Å².